The van der Waals surface area contributed by atoms with Crippen molar-refractivity contribution >= 4 is 5.91 Å². The predicted octanol–water partition coefficient (Wildman–Crippen LogP) is 1.65. The van der Waals surface area contributed by atoms with Crippen LogP contribution >= 0.6 is 0 Å². The fourth-order valence-corrected chi connectivity index (χ4v) is 3.20. The molecule has 1 unspecified atom stereocenters. The fourth-order valence-electron chi connectivity index (χ4n) is 3.20. The molecule has 0 aliphatic carbocycles. The number of nitrogens with zero attached hydrogens (tertiary/aromatic N) is 5. The molecule has 7 heteroatoms. The van der Waals surface area contributed by atoms with E-state index in [1.54, 1.807) is 24.8 Å². The summed E-state index contributed by atoms with van der Waals surface area (Å²) < 4.78 is 1.92. The van der Waals surface area contributed by atoms with Gasteiger partial charge in [-0.3, -0.25) is 9.78 Å². The van der Waals surface area contributed by atoms with Crippen LogP contribution in [0.5, 0.6) is 0 Å². The molecule has 7 nitrogen and oxygen atoms in total. The van der Waals surface area contributed by atoms with Crippen LogP contribution in [0, 0.1) is 0 Å². The quantitative estimate of drug-likeness (QED) is 0.903. The number of likely N-dealkylation sites (tertiary alicyclic amines) is 1. The number of amides is 1. The Kier molecular flexibility index (Phi) is 5.20. The van der Waals surface area contributed by atoms with Crippen molar-refractivity contribution in [2.75, 3.05) is 13.1 Å². The second kappa shape index (κ2) is 7.53. The number of pyridine rings is 1. The molecule has 1 N–H and O–H groups in total. The van der Waals surface area contributed by atoms with Crippen LogP contribution in [0.3, 0.4) is 0 Å². The summed E-state index contributed by atoms with van der Waals surface area (Å²) >= 11 is 0. The average Bonchev–Trinajstić information content (AvgIpc) is 3.11. The van der Waals surface area contributed by atoms with Gasteiger partial charge in [0.2, 0.25) is 0 Å². The van der Waals surface area contributed by atoms with Crippen LogP contribution < -0.4 is 5.32 Å². The number of carbonyl (C=O) groups is 1. The van der Waals surface area contributed by atoms with Gasteiger partial charge in [-0.05, 0) is 38.8 Å². The Morgan fingerprint density at radius 1 is 1.42 bits per heavy atom. The van der Waals surface area contributed by atoms with E-state index in [0.29, 0.717) is 11.6 Å². The lowest BCUT2D eigenvalue weighted by molar-refractivity contribution is 0.0701. The molecule has 0 aromatic carbocycles. The third-order valence-electron chi connectivity index (χ3n) is 4.51. The SMILES string of the molecule is CCn1ncnc1C(C)NC1CCN(C(=O)c2cccnc2)CC1. The second-order valence-corrected chi connectivity index (χ2v) is 6.13. The highest BCUT2D eigenvalue weighted by atomic mass is 16.2. The maximum absolute atomic E-state index is 12.4. The molecule has 0 saturated carbocycles. The molecule has 1 fully saturated rings. The average molecular weight is 328 g/mol. The number of nitrogens with one attached hydrogen (secondary N) is 1. The van der Waals surface area contributed by atoms with Gasteiger partial charge in [0.25, 0.3) is 5.91 Å². The zero-order valence-electron chi connectivity index (χ0n) is 14.2. The molecule has 1 amide bonds. The van der Waals surface area contributed by atoms with Crippen LogP contribution in [0.15, 0.2) is 30.9 Å². The first kappa shape index (κ1) is 16.6. The van der Waals surface area contributed by atoms with Crippen molar-refractivity contribution in [2.45, 2.75) is 45.3 Å². The highest BCUT2D eigenvalue weighted by Gasteiger charge is 2.25. The van der Waals surface area contributed by atoms with Crippen LogP contribution in [0.25, 0.3) is 0 Å². The van der Waals surface area contributed by atoms with Gasteiger partial charge in [0.15, 0.2) is 0 Å². The Bertz CT molecular complexity index is 663. The smallest absolute Gasteiger partial charge is 0.255 e. The highest BCUT2D eigenvalue weighted by molar-refractivity contribution is 5.93. The number of rotatable bonds is 5. The van der Waals surface area contributed by atoms with Crippen LogP contribution in [-0.4, -0.2) is 49.7 Å². The molecular weight excluding hydrogens is 304 g/mol. The van der Waals surface area contributed by atoms with Gasteiger partial charge in [0, 0.05) is 38.1 Å². The van der Waals surface area contributed by atoms with Crippen molar-refractivity contribution in [1.82, 2.24) is 30.0 Å². The summed E-state index contributed by atoms with van der Waals surface area (Å²) in [6.45, 7) is 6.52. The Morgan fingerprint density at radius 2 is 2.21 bits per heavy atom. The van der Waals surface area contributed by atoms with E-state index in [1.807, 2.05) is 15.6 Å². The maximum atomic E-state index is 12.4. The summed E-state index contributed by atoms with van der Waals surface area (Å²) in [5.74, 6) is 1.03. The van der Waals surface area contributed by atoms with Crippen molar-refractivity contribution < 1.29 is 4.79 Å². The zero-order valence-corrected chi connectivity index (χ0v) is 14.2. The van der Waals surface area contributed by atoms with Crippen molar-refractivity contribution in [1.29, 1.82) is 0 Å². The number of hydrogen-bond donors (Lipinski definition) is 1. The summed E-state index contributed by atoms with van der Waals surface area (Å²) in [6.07, 6.45) is 6.80. The Morgan fingerprint density at radius 3 is 2.88 bits per heavy atom. The van der Waals surface area contributed by atoms with Gasteiger partial charge in [-0.15, -0.1) is 0 Å². The van der Waals surface area contributed by atoms with E-state index < -0.39 is 0 Å². The molecule has 1 atom stereocenters. The first-order chi connectivity index (χ1) is 11.7. The van der Waals surface area contributed by atoms with Gasteiger partial charge in [0.05, 0.1) is 11.6 Å². The molecule has 3 rings (SSSR count). The van der Waals surface area contributed by atoms with Crippen LogP contribution in [-0.2, 0) is 6.54 Å². The summed E-state index contributed by atoms with van der Waals surface area (Å²) in [7, 11) is 0. The minimum Gasteiger partial charge on any atom is -0.338 e. The molecule has 1 aliphatic rings. The summed E-state index contributed by atoms with van der Waals surface area (Å²) in [6, 6.07) is 4.16. The third kappa shape index (κ3) is 3.62. The number of piperidine rings is 1. The predicted molar refractivity (Wildman–Crippen MR) is 90.4 cm³/mol. The van der Waals surface area contributed by atoms with E-state index in [0.717, 1.165) is 38.3 Å². The molecule has 2 aromatic heterocycles. The second-order valence-electron chi connectivity index (χ2n) is 6.13. The van der Waals surface area contributed by atoms with Crippen LogP contribution in [0.2, 0.25) is 0 Å². The van der Waals surface area contributed by atoms with E-state index in [1.165, 1.54) is 0 Å². The van der Waals surface area contributed by atoms with Gasteiger partial charge < -0.3 is 10.2 Å². The van der Waals surface area contributed by atoms with E-state index in [-0.39, 0.29) is 11.9 Å². The number of aromatic nitrogens is 4. The van der Waals surface area contributed by atoms with Crippen molar-refractivity contribution in [3.63, 3.8) is 0 Å². The number of aryl methyl sites for hydroxylation is 1. The number of hydrogen-bond acceptors (Lipinski definition) is 5. The summed E-state index contributed by atoms with van der Waals surface area (Å²) in [5.41, 5.74) is 0.660. The standard InChI is InChI=1S/C17H24N6O/c1-3-23-16(19-12-20-23)13(2)21-15-6-9-22(10-7-15)17(24)14-5-4-8-18-11-14/h4-5,8,11-13,15,21H,3,6-7,9-10H2,1-2H3. The van der Waals surface area contributed by atoms with E-state index in [4.69, 9.17) is 0 Å². The largest absolute Gasteiger partial charge is 0.338 e. The molecular formula is C17H24N6O. The normalized spacial score (nSPS) is 17.0. The minimum atomic E-state index is 0.0697. The topological polar surface area (TPSA) is 75.9 Å². The highest BCUT2D eigenvalue weighted by Crippen LogP contribution is 2.17. The molecule has 0 bridgehead atoms. The molecule has 0 spiro atoms. The lowest BCUT2D eigenvalue weighted by Crippen LogP contribution is -2.45. The fraction of sp³-hybridized carbons (Fsp3) is 0.529. The van der Waals surface area contributed by atoms with Gasteiger partial charge in [-0.2, -0.15) is 5.10 Å². The summed E-state index contributed by atoms with van der Waals surface area (Å²) in [5, 5.41) is 7.85. The van der Waals surface area contributed by atoms with Crippen LogP contribution in [0.4, 0.5) is 0 Å². The third-order valence-corrected chi connectivity index (χ3v) is 4.51. The number of carbonyl (C=O) groups excluding carboxylic acids is 1. The van der Waals surface area contributed by atoms with Crippen LogP contribution in [0.1, 0.15) is 48.9 Å². The zero-order chi connectivity index (χ0) is 16.9. The Hall–Kier alpha value is -2.28. The van der Waals surface area contributed by atoms with E-state index >= 15 is 0 Å². The van der Waals surface area contributed by atoms with Gasteiger partial charge in [-0.1, -0.05) is 0 Å². The van der Waals surface area contributed by atoms with Crippen molar-refractivity contribution in [2.24, 2.45) is 0 Å². The van der Waals surface area contributed by atoms with E-state index in [2.05, 4.69) is 34.2 Å². The minimum absolute atomic E-state index is 0.0697. The molecule has 24 heavy (non-hydrogen) atoms. The lowest BCUT2D eigenvalue weighted by atomic mass is 10.0. The molecule has 3 heterocycles. The molecule has 128 valence electrons. The first-order valence-electron chi connectivity index (χ1n) is 8.52. The van der Waals surface area contributed by atoms with Gasteiger partial charge in [-0.25, -0.2) is 9.67 Å². The maximum Gasteiger partial charge on any atom is 0.255 e. The Labute approximate surface area is 142 Å². The molecule has 0 radical (unpaired) electrons. The van der Waals surface area contributed by atoms with Crippen molar-refractivity contribution in [3.05, 3.63) is 42.2 Å². The molecule has 1 aliphatic heterocycles. The monoisotopic (exact) mass is 328 g/mol. The summed E-state index contributed by atoms with van der Waals surface area (Å²) in [4.78, 5) is 22.7. The van der Waals surface area contributed by atoms with E-state index in [9.17, 15) is 4.79 Å². The Balaban J connectivity index is 1.53. The van der Waals surface area contributed by atoms with Crippen molar-refractivity contribution in [3.8, 4) is 0 Å². The van der Waals surface area contributed by atoms with Gasteiger partial charge >= 0.3 is 0 Å². The lowest BCUT2D eigenvalue weighted by Gasteiger charge is -2.33. The molecule has 1 saturated heterocycles. The van der Waals surface area contributed by atoms with Gasteiger partial charge in [0.1, 0.15) is 12.2 Å². The first-order valence-corrected chi connectivity index (χ1v) is 8.52. The molecule has 2 aromatic rings.